The van der Waals surface area contributed by atoms with Crippen LogP contribution in [-0.4, -0.2) is 18.4 Å². The van der Waals surface area contributed by atoms with Gasteiger partial charge in [-0.1, -0.05) is 41.5 Å². The highest BCUT2D eigenvalue weighted by molar-refractivity contribution is 7.56. The zero-order valence-electron chi connectivity index (χ0n) is 14.2. The second-order valence-electron chi connectivity index (χ2n) is 6.68. The first-order valence-corrected chi connectivity index (χ1v) is 8.55. The van der Waals surface area contributed by atoms with Gasteiger partial charge in [0.05, 0.1) is 0 Å². The van der Waals surface area contributed by atoms with Crippen LogP contribution in [-0.2, 0) is 5.41 Å². The summed E-state index contributed by atoms with van der Waals surface area (Å²) in [5.41, 5.74) is 2.81. The van der Waals surface area contributed by atoms with Gasteiger partial charge >= 0.3 is 0 Å². The third kappa shape index (κ3) is 4.17. The molecule has 0 saturated carbocycles. The summed E-state index contributed by atoms with van der Waals surface area (Å²) in [6, 6.07) is 8.78. The second kappa shape index (κ2) is 6.80. The molecule has 2 aromatic carbocycles. The number of aromatic hydroxyl groups is 1. The Bertz CT molecular complexity index is 748. The van der Waals surface area contributed by atoms with Crippen molar-refractivity contribution in [2.24, 2.45) is 4.99 Å². The average molecular weight is 331 g/mol. The molecule has 0 aromatic heterocycles. The van der Waals surface area contributed by atoms with E-state index in [1.165, 1.54) is 17.7 Å². The van der Waals surface area contributed by atoms with Crippen molar-refractivity contribution >= 4 is 25.4 Å². The Hall–Kier alpha value is -1.73. The first-order chi connectivity index (χ1) is 10.7. The van der Waals surface area contributed by atoms with Crippen molar-refractivity contribution in [2.45, 2.75) is 33.1 Å². The Kier molecular flexibility index (Phi) is 5.21. The van der Waals surface area contributed by atoms with Crippen LogP contribution in [0.4, 0.5) is 4.39 Å². The molecule has 0 heterocycles. The van der Waals surface area contributed by atoms with Crippen LogP contribution in [0.2, 0.25) is 0 Å². The third-order valence-electron chi connectivity index (χ3n) is 3.72. The Morgan fingerprint density at radius 2 is 1.83 bits per heavy atom. The van der Waals surface area contributed by atoms with E-state index in [2.05, 4.69) is 31.8 Å². The Labute approximate surface area is 139 Å². The minimum atomic E-state index is -0.280. The monoisotopic (exact) mass is 331 g/mol. The molecule has 0 aliphatic carbocycles. The van der Waals surface area contributed by atoms with Crippen molar-refractivity contribution in [2.75, 3.05) is 7.05 Å². The van der Waals surface area contributed by atoms with E-state index in [1.807, 2.05) is 13.0 Å². The van der Waals surface area contributed by atoms with E-state index in [0.717, 1.165) is 21.7 Å². The molecule has 4 heteroatoms. The number of nitrogens with zero attached hydrogens (tertiary/aromatic N) is 1. The van der Waals surface area contributed by atoms with Gasteiger partial charge in [0.2, 0.25) is 0 Å². The van der Waals surface area contributed by atoms with Crippen LogP contribution in [0.5, 0.6) is 5.75 Å². The summed E-state index contributed by atoms with van der Waals surface area (Å²) in [4.78, 5) is 4.00. The molecule has 0 radical (unpaired) electrons. The standard InChI is InChI=1S/C19H23FNOP/c1-12-8-14(19(2,3)4)10-17(18(12)22)23-16-7-6-15(20)9-13(16)11-21-5/h6-11,22-23H,1-5H3/b21-11+. The minimum Gasteiger partial charge on any atom is -0.507 e. The van der Waals surface area contributed by atoms with E-state index in [9.17, 15) is 9.50 Å². The first-order valence-electron chi connectivity index (χ1n) is 7.55. The van der Waals surface area contributed by atoms with Gasteiger partial charge in [0.15, 0.2) is 0 Å². The van der Waals surface area contributed by atoms with Crippen LogP contribution in [0.1, 0.15) is 37.5 Å². The molecule has 0 saturated heterocycles. The van der Waals surface area contributed by atoms with Gasteiger partial charge in [-0.3, -0.25) is 4.99 Å². The van der Waals surface area contributed by atoms with Gasteiger partial charge in [0.1, 0.15) is 11.6 Å². The molecule has 2 nitrogen and oxygen atoms in total. The maximum atomic E-state index is 13.5. The Morgan fingerprint density at radius 1 is 1.13 bits per heavy atom. The van der Waals surface area contributed by atoms with E-state index in [0.29, 0.717) is 5.75 Å². The number of hydrogen-bond donors (Lipinski definition) is 1. The summed E-state index contributed by atoms with van der Waals surface area (Å²) in [6.07, 6.45) is 1.66. The lowest BCUT2D eigenvalue weighted by Gasteiger charge is -2.22. The number of hydrogen-bond acceptors (Lipinski definition) is 2. The number of aryl methyl sites for hydroxylation is 1. The van der Waals surface area contributed by atoms with Crippen molar-refractivity contribution < 1.29 is 9.50 Å². The highest BCUT2D eigenvalue weighted by Gasteiger charge is 2.18. The highest BCUT2D eigenvalue weighted by Crippen LogP contribution is 2.30. The molecule has 0 amide bonds. The van der Waals surface area contributed by atoms with Gasteiger partial charge in [-0.25, -0.2) is 4.39 Å². The first kappa shape index (κ1) is 17.6. The Balaban J connectivity index is 2.50. The van der Waals surface area contributed by atoms with Crippen LogP contribution in [0, 0.1) is 12.7 Å². The molecule has 0 spiro atoms. The lowest BCUT2D eigenvalue weighted by atomic mass is 9.86. The molecule has 0 aliphatic heterocycles. The topological polar surface area (TPSA) is 32.6 Å². The van der Waals surface area contributed by atoms with Gasteiger partial charge in [-0.2, -0.15) is 0 Å². The number of phenolic OH excluding ortho intramolecular Hbond substituents is 1. The van der Waals surface area contributed by atoms with Gasteiger partial charge in [-0.05, 0) is 47.0 Å². The molecular formula is C19H23FNOP. The Morgan fingerprint density at radius 3 is 2.43 bits per heavy atom. The lowest BCUT2D eigenvalue weighted by molar-refractivity contribution is 0.474. The summed E-state index contributed by atoms with van der Waals surface area (Å²) in [5.74, 6) is 0.0392. The van der Waals surface area contributed by atoms with Crippen molar-refractivity contribution in [3.63, 3.8) is 0 Å². The normalized spacial score (nSPS) is 12.6. The molecule has 0 bridgehead atoms. The smallest absolute Gasteiger partial charge is 0.126 e. The number of benzene rings is 2. The number of rotatable bonds is 3. The molecule has 23 heavy (non-hydrogen) atoms. The van der Waals surface area contributed by atoms with Gasteiger partial charge < -0.3 is 5.11 Å². The second-order valence-corrected chi connectivity index (χ2v) is 8.01. The maximum Gasteiger partial charge on any atom is 0.126 e. The molecule has 2 rings (SSSR count). The molecule has 2 aromatic rings. The van der Waals surface area contributed by atoms with E-state index < -0.39 is 0 Å². The SMILES string of the molecule is C/N=C/c1cc(F)ccc1Pc1cc(C(C)(C)C)cc(C)c1O. The van der Waals surface area contributed by atoms with Crippen LogP contribution in [0.3, 0.4) is 0 Å². The molecule has 1 atom stereocenters. The van der Waals surface area contributed by atoms with Crippen molar-refractivity contribution in [1.82, 2.24) is 0 Å². The predicted octanol–water partition coefficient (Wildman–Crippen LogP) is 3.82. The number of aliphatic imine (C=N–C) groups is 1. The zero-order valence-corrected chi connectivity index (χ0v) is 15.2. The molecule has 0 fully saturated rings. The van der Waals surface area contributed by atoms with Crippen LogP contribution < -0.4 is 10.6 Å². The summed E-state index contributed by atoms with van der Waals surface area (Å²) in [6.45, 7) is 8.37. The summed E-state index contributed by atoms with van der Waals surface area (Å²) < 4.78 is 13.5. The van der Waals surface area contributed by atoms with Crippen molar-refractivity contribution in [1.29, 1.82) is 0 Å². The minimum absolute atomic E-state index is 0.00813. The summed E-state index contributed by atoms with van der Waals surface area (Å²) in [7, 11) is 1.91. The molecule has 1 unspecified atom stereocenters. The van der Waals surface area contributed by atoms with Crippen LogP contribution in [0.15, 0.2) is 35.3 Å². The van der Waals surface area contributed by atoms with Crippen LogP contribution in [0.25, 0.3) is 0 Å². The summed E-state index contributed by atoms with van der Waals surface area (Å²) >= 11 is 0. The lowest BCUT2D eigenvalue weighted by Crippen LogP contribution is -2.16. The number of phenols is 1. The number of halogens is 1. The zero-order chi connectivity index (χ0) is 17.2. The fraction of sp³-hybridized carbons (Fsp3) is 0.316. The van der Waals surface area contributed by atoms with E-state index in [-0.39, 0.29) is 19.8 Å². The molecular weight excluding hydrogens is 308 g/mol. The molecule has 1 N–H and O–H groups in total. The molecule has 0 aliphatic rings. The van der Waals surface area contributed by atoms with E-state index in [4.69, 9.17) is 0 Å². The quantitative estimate of drug-likeness (QED) is 0.673. The van der Waals surface area contributed by atoms with E-state index >= 15 is 0 Å². The van der Waals surface area contributed by atoms with Gasteiger partial charge in [0, 0.05) is 24.1 Å². The summed E-state index contributed by atoms with van der Waals surface area (Å²) in [5, 5.41) is 12.3. The van der Waals surface area contributed by atoms with E-state index in [1.54, 1.807) is 19.3 Å². The fourth-order valence-electron chi connectivity index (χ4n) is 2.35. The van der Waals surface area contributed by atoms with Gasteiger partial charge in [0.25, 0.3) is 0 Å². The van der Waals surface area contributed by atoms with Crippen molar-refractivity contribution in [3.05, 3.63) is 52.8 Å². The highest BCUT2D eigenvalue weighted by atomic mass is 31.1. The average Bonchev–Trinajstić information content (AvgIpc) is 2.45. The maximum absolute atomic E-state index is 13.5. The van der Waals surface area contributed by atoms with Crippen LogP contribution >= 0.6 is 8.58 Å². The molecule has 122 valence electrons. The van der Waals surface area contributed by atoms with Crippen molar-refractivity contribution in [3.8, 4) is 5.75 Å². The predicted molar refractivity (Wildman–Crippen MR) is 99.0 cm³/mol. The van der Waals surface area contributed by atoms with Gasteiger partial charge in [-0.15, -0.1) is 0 Å². The fourth-order valence-corrected chi connectivity index (χ4v) is 3.63. The largest absolute Gasteiger partial charge is 0.507 e. The third-order valence-corrected chi connectivity index (χ3v) is 5.09.